The van der Waals surface area contributed by atoms with Crippen molar-refractivity contribution in [1.82, 2.24) is 14.8 Å². The van der Waals surface area contributed by atoms with Crippen LogP contribution in [0.25, 0.3) is 17.1 Å². The summed E-state index contributed by atoms with van der Waals surface area (Å²) >= 11 is 6.04. The molecule has 94 valence electrons. The van der Waals surface area contributed by atoms with Crippen LogP contribution in [0, 0.1) is 6.92 Å². The lowest BCUT2D eigenvalue weighted by molar-refractivity contribution is -0.132. The first-order valence-corrected chi connectivity index (χ1v) is 5.69. The predicted octanol–water partition coefficient (Wildman–Crippen LogP) is 2.42. The summed E-state index contributed by atoms with van der Waals surface area (Å²) in [6, 6.07) is 1.80. The van der Waals surface area contributed by atoms with Gasteiger partial charge in [0.2, 0.25) is 0 Å². The summed E-state index contributed by atoms with van der Waals surface area (Å²) in [6.45, 7) is 3.38. The second-order valence-corrected chi connectivity index (χ2v) is 4.44. The van der Waals surface area contributed by atoms with E-state index in [1.54, 1.807) is 17.8 Å². The molecule has 6 heteroatoms. The van der Waals surface area contributed by atoms with Crippen LogP contribution >= 0.6 is 11.6 Å². The van der Waals surface area contributed by atoms with Crippen LogP contribution in [-0.2, 0) is 11.8 Å². The fraction of sp³-hybridized carbons (Fsp3) is 0.250. The van der Waals surface area contributed by atoms with E-state index in [2.05, 4.69) is 10.1 Å². The Kier molecular flexibility index (Phi) is 3.09. The van der Waals surface area contributed by atoms with Gasteiger partial charge in [0, 0.05) is 23.6 Å². The van der Waals surface area contributed by atoms with Gasteiger partial charge in [0.05, 0.1) is 5.69 Å². The number of rotatable bonds is 2. The highest BCUT2D eigenvalue weighted by Crippen LogP contribution is 2.24. The van der Waals surface area contributed by atoms with Gasteiger partial charge in [0.25, 0.3) is 0 Å². The average molecular weight is 266 g/mol. The highest BCUT2D eigenvalue weighted by Gasteiger charge is 2.11. The third-order valence-corrected chi connectivity index (χ3v) is 2.99. The molecule has 0 saturated carbocycles. The Labute approximate surface area is 109 Å². The predicted molar refractivity (Wildman–Crippen MR) is 69.5 cm³/mol. The van der Waals surface area contributed by atoms with Crippen molar-refractivity contribution < 1.29 is 9.90 Å². The van der Waals surface area contributed by atoms with Crippen molar-refractivity contribution in [2.24, 2.45) is 7.05 Å². The van der Waals surface area contributed by atoms with Crippen LogP contribution in [-0.4, -0.2) is 25.8 Å². The quantitative estimate of drug-likeness (QED) is 0.669. The van der Waals surface area contributed by atoms with Crippen molar-refractivity contribution in [3.63, 3.8) is 0 Å². The SMILES string of the molecule is CC(=Cc1cc2c(C)nn(C)c2nc1Cl)C(=O)O. The van der Waals surface area contributed by atoms with E-state index in [4.69, 9.17) is 16.7 Å². The molecule has 0 fully saturated rings. The first-order valence-electron chi connectivity index (χ1n) is 5.31. The Morgan fingerprint density at radius 1 is 1.56 bits per heavy atom. The molecule has 0 amide bonds. The van der Waals surface area contributed by atoms with Gasteiger partial charge in [-0.05, 0) is 26.0 Å². The van der Waals surface area contributed by atoms with Crippen LogP contribution in [0.4, 0.5) is 0 Å². The van der Waals surface area contributed by atoms with E-state index in [0.29, 0.717) is 11.2 Å². The van der Waals surface area contributed by atoms with Crippen LogP contribution in [0.1, 0.15) is 18.2 Å². The summed E-state index contributed by atoms with van der Waals surface area (Å²) < 4.78 is 1.65. The average Bonchev–Trinajstić information content (AvgIpc) is 2.55. The number of aromatic nitrogens is 3. The number of carbonyl (C=O) groups is 1. The van der Waals surface area contributed by atoms with Crippen molar-refractivity contribution in [3.05, 3.63) is 28.0 Å². The molecule has 2 aromatic heterocycles. The molecule has 0 unspecified atom stereocenters. The maximum atomic E-state index is 10.8. The fourth-order valence-electron chi connectivity index (χ4n) is 1.73. The molecule has 0 aliphatic carbocycles. The summed E-state index contributed by atoms with van der Waals surface area (Å²) in [5, 5.41) is 14.2. The molecular formula is C12H12ClN3O2. The first kappa shape index (κ1) is 12.6. The van der Waals surface area contributed by atoms with Gasteiger partial charge in [0.15, 0.2) is 5.65 Å². The maximum Gasteiger partial charge on any atom is 0.331 e. The second-order valence-electron chi connectivity index (χ2n) is 4.08. The zero-order valence-electron chi connectivity index (χ0n) is 10.2. The van der Waals surface area contributed by atoms with E-state index < -0.39 is 5.97 Å². The van der Waals surface area contributed by atoms with Gasteiger partial charge >= 0.3 is 5.97 Å². The van der Waals surface area contributed by atoms with E-state index in [1.165, 1.54) is 13.0 Å². The fourth-order valence-corrected chi connectivity index (χ4v) is 1.92. The number of carboxylic acids is 1. The third-order valence-electron chi connectivity index (χ3n) is 2.69. The number of aliphatic carboxylic acids is 1. The van der Waals surface area contributed by atoms with Crippen molar-refractivity contribution >= 4 is 34.7 Å². The number of fused-ring (bicyclic) bond motifs is 1. The minimum atomic E-state index is -0.978. The molecule has 0 aromatic carbocycles. The molecular weight excluding hydrogens is 254 g/mol. The van der Waals surface area contributed by atoms with Crippen LogP contribution in [0.5, 0.6) is 0 Å². The molecule has 0 spiro atoms. The summed E-state index contributed by atoms with van der Waals surface area (Å²) in [5.74, 6) is -0.978. The van der Waals surface area contributed by atoms with Crippen molar-refractivity contribution in [1.29, 1.82) is 0 Å². The molecule has 0 saturated heterocycles. The standard InChI is InChI=1S/C12H12ClN3O2/c1-6(12(17)18)4-8-5-9-7(2)15-16(3)11(9)14-10(8)13/h4-5H,1-3H3,(H,17,18). The van der Waals surface area contributed by atoms with Crippen LogP contribution < -0.4 is 0 Å². The molecule has 0 bridgehead atoms. The van der Waals surface area contributed by atoms with Gasteiger partial charge < -0.3 is 5.11 Å². The van der Waals surface area contributed by atoms with E-state index in [9.17, 15) is 4.79 Å². The summed E-state index contributed by atoms with van der Waals surface area (Å²) in [4.78, 5) is 15.0. The molecule has 2 heterocycles. The smallest absolute Gasteiger partial charge is 0.331 e. The van der Waals surface area contributed by atoms with E-state index in [1.807, 2.05) is 6.92 Å². The lowest BCUT2D eigenvalue weighted by Crippen LogP contribution is -1.96. The van der Waals surface area contributed by atoms with Crippen molar-refractivity contribution in [2.75, 3.05) is 0 Å². The number of nitrogens with zero attached hydrogens (tertiary/aromatic N) is 3. The zero-order chi connectivity index (χ0) is 13.4. The molecule has 0 radical (unpaired) electrons. The van der Waals surface area contributed by atoms with Gasteiger partial charge in [-0.15, -0.1) is 0 Å². The topological polar surface area (TPSA) is 68.0 Å². The Morgan fingerprint density at radius 3 is 2.83 bits per heavy atom. The maximum absolute atomic E-state index is 10.8. The van der Waals surface area contributed by atoms with Gasteiger partial charge in [-0.2, -0.15) is 5.10 Å². The monoisotopic (exact) mass is 265 g/mol. The minimum absolute atomic E-state index is 0.208. The number of carboxylic acid groups (broad SMARTS) is 1. The summed E-state index contributed by atoms with van der Waals surface area (Å²) in [6.07, 6.45) is 1.50. The molecule has 0 aliphatic rings. The molecule has 2 rings (SSSR count). The van der Waals surface area contributed by atoms with Gasteiger partial charge in [0.1, 0.15) is 5.15 Å². The van der Waals surface area contributed by atoms with E-state index >= 15 is 0 Å². The van der Waals surface area contributed by atoms with Crippen LogP contribution in [0.2, 0.25) is 5.15 Å². The second kappa shape index (κ2) is 4.42. The molecule has 1 N–H and O–H groups in total. The molecule has 0 aliphatic heterocycles. The summed E-state index contributed by atoms with van der Waals surface area (Å²) in [5.41, 5.74) is 2.31. The minimum Gasteiger partial charge on any atom is -0.478 e. The Balaban J connectivity index is 2.66. The third kappa shape index (κ3) is 2.09. The number of hydrogen-bond donors (Lipinski definition) is 1. The summed E-state index contributed by atoms with van der Waals surface area (Å²) in [7, 11) is 1.79. The molecule has 2 aromatic rings. The molecule has 18 heavy (non-hydrogen) atoms. The van der Waals surface area contributed by atoms with E-state index in [-0.39, 0.29) is 10.7 Å². The van der Waals surface area contributed by atoms with Gasteiger partial charge in [-0.25, -0.2) is 9.78 Å². The Morgan fingerprint density at radius 2 is 2.22 bits per heavy atom. The number of hydrogen-bond acceptors (Lipinski definition) is 3. The first-order chi connectivity index (χ1) is 8.40. The zero-order valence-corrected chi connectivity index (χ0v) is 11.0. The Hall–Kier alpha value is -1.88. The molecule has 5 nitrogen and oxygen atoms in total. The highest BCUT2D eigenvalue weighted by molar-refractivity contribution is 6.31. The largest absolute Gasteiger partial charge is 0.478 e. The van der Waals surface area contributed by atoms with Crippen LogP contribution in [0.3, 0.4) is 0 Å². The van der Waals surface area contributed by atoms with Gasteiger partial charge in [-0.3, -0.25) is 4.68 Å². The Bertz CT molecular complexity index is 674. The van der Waals surface area contributed by atoms with E-state index in [0.717, 1.165) is 11.1 Å². The lowest BCUT2D eigenvalue weighted by atomic mass is 10.1. The van der Waals surface area contributed by atoms with Crippen LogP contribution in [0.15, 0.2) is 11.6 Å². The highest BCUT2D eigenvalue weighted by atomic mass is 35.5. The van der Waals surface area contributed by atoms with Crippen molar-refractivity contribution in [2.45, 2.75) is 13.8 Å². The number of halogens is 1. The normalized spacial score (nSPS) is 12.1. The van der Waals surface area contributed by atoms with Gasteiger partial charge in [-0.1, -0.05) is 11.6 Å². The lowest BCUT2D eigenvalue weighted by Gasteiger charge is -2.01. The van der Waals surface area contributed by atoms with Crippen molar-refractivity contribution in [3.8, 4) is 0 Å². The number of pyridine rings is 1. The number of aryl methyl sites for hydroxylation is 2. The molecule has 0 atom stereocenters.